The summed E-state index contributed by atoms with van der Waals surface area (Å²) in [6.45, 7) is 9.85. The van der Waals surface area contributed by atoms with Crippen LogP contribution < -0.4 is 0 Å². The van der Waals surface area contributed by atoms with Crippen molar-refractivity contribution >= 4 is 17.7 Å². The van der Waals surface area contributed by atoms with Crippen LogP contribution in [0.25, 0.3) is 0 Å². The summed E-state index contributed by atoms with van der Waals surface area (Å²) in [4.78, 5) is 39.4. The minimum atomic E-state index is -0.562. The van der Waals surface area contributed by atoms with Gasteiger partial charge in [-0.3, -0.25) is 9.59 Å². The van der Waals surface area contributed by atoms with E-state index in [2.05, 4.69) is 25.8 Å². The lowest BCUT2D eigenvalue weighted by atomic mass is 9.45. The molecule has 0 aliphatic heterocycles. The molecule has 1 aromatic rings. The molecule has 4 atom stereocenters. The Bertz CT molecular complexity index is 791. The maximum absolute atomic E-state index is 12.6. The Morgan fingerprint density at radius 2 is 1.89 bits per heavy atom. The minimum absolute atomic E-state index is 0.0828. The minimum Gasteiger partial charge on any atom is -0.465 e. The summed E-state index contributed by atoms with van der Waals surface area (Å²) < 4.78 is 10.6. The number of aromatic nitrogens is 1. The first-order valence-electron chi connectivity index (χ1n) is 9.58. The predicted molar refractivity (Wildman–Crippen MR) is 99.6 cm³/mol. The van der Waals surface area contributed by atoms with Crippen LogP contribution in [0.4, 0.5) is 0 Å². The van der Waals surface area contributed by atoms with Crippen molar-refractivity contribution in [1.29, 1.82) is 0 Å². The van der Waals surface area contributed by atoms with Crippen LogP contribution in [-0.4, -0.2) is 35.9 Å². The van der Waals surface area contributed by atoms with Gasteiger partial charge in [0.05, 0.1) is 24.8 Å². The number of fused-ring (bicyclic) bond motifs is 2. The van der Waals surface area contributed by atoms with Crippen molar-refractivity contribution in [2.24, 2.45) is 23.2 Å². The summed E-state index contributed by atoms with van der Waals surface area (Å²) in [6, 6.07) is 0. The van der Waals surface area contributed by atoms with Crippen molar-refractivity contribution in [2.45, 2.75) is 60.0 Å². The fraction of sp³-hybridized carbons (Fsp3) is 0.667. The zero-order valence-corrected chi connectivity index (χ0v) is 17.0. The third-order valence-electron chi connectivity index (χ3n) is 6.96. The second-order valence-corrected chi connectivity index (χ2v) is 8.69. The molecule has 0 radical (unpaired) electrons. The molecular weight excluding hydrogens is 346 g/mol. The number of esters is 2. The zero-order valence-electron chi connectivity index (χ0n) is 17.0. The summed E-state index contributed by atoms with van der Waals surface area (Å²) in [5, 5.41) is 0. The Kier molecular flexibility index (Phi) is 4.95. The van der Waals surface area contributed by atoms with Gasteiger partial charge in [0.2, 0.25) is 0 Å². The number of ketones is 1. The van der Waals surface area contributed by atoms with Crippen LogP contribution in [0.3, 0.4) is 0 Å². The number of H-pyrrole nitrogens is 1. The molecule has 6 nitrogen and oxygen atoms in total. The molecule has 3 aliphatic carbocycles. The number of ether oxygens (including phenoxy) is 2. The summed E-state index contributed by atoms with van der Waals surface area (Å²) in [5.74, 6) is 0.365. The standard InChI is InChI=1S/C21H29NO5/c1-10-14-7-13(21(14,4)5)8-16(10)27-17(24)9-15-18(20(25)26-6)11(2)19(22-15)12(3)23/h10,13-14,16,22H,7-9H2,1-6H3/t10-,13-,14+,16-/m1/s1. The number of nitrogens with one attached hydrogen (secondary N) is 1. The van der Waals surface area contributed by atoms with E-state index in [-0.39, 0.29) is 29.8 Å². The Morgan fingerprint density at radius 1 is 1.22 bits per heavy atom. The first-order valence-corrected chi connectivity index (χ1v) is 9.58. The fourth-order valence-corrected chi connectivity index (χ4v) is 5.13. The third kappa shape index (κ3) is 3.19. The van der Waals surface area contributed by atoms with Gasteiger partial charge in [0.15, 0.2) is 5.78 Å². The molecule has 2 bridgehead atoms. The first-order chi connectivity index (χ1) is 12.6. The van der Waals surface area contributed by atoms with Gasteiger partial charge < -0.3 is 14.5 Å². The van der Waals surface area contributed by atoms with Crippen LogP contribution in [0.1, 0.15) is 72.6 Å². The number of hydrogen-bond acceptors (Lipinski definition) is 5. The van der Waals surface area contributed by atoms with Crippen molar-refractivity contribution < 1.29 is 23.9 Å². The summed E-state index contributed by atoms with van der Waals surface area (Å²) in [7, 11) is 1.28. The number of rotatable bonds is 5. The van der Waals surface area contributed by atoms with Gasteiger partial charge in [0, 0.05) is 12.6 Å². The summed E-state index contributed by atoms with van der Waals surface area (Å²) >= 11 is 0. The molecule has 27 heavy (non-hydrogen) atoms. The van der Waals surface area contributed by atoms with Gasteiger partial charge in [-0.2, -0.15) is 0 Å². The highest BCUT2D eigenvalue weighted by Crippen LogP contribution is 2.61. The van der Waals surface area contributed by atoms with Gasteiger partial charge in [-0.15, -0.1) is 0 Å². The zero-order chi connectivity index (χ0) is 20.1. The van der Waals surface area contributed by atoms with Gasteiger partial charge >= 0.3 is 11.9 Å². The molecule has 148 valence electrons. The van der Waals surface area contributed by atoms with Crippen molar-refractivity contribution in [3.8, 4) is 0 Å². The van der Waals surface area contributed by atoms with Crippen LogP contribution in [0, 0.1) is 30.1 Å². The molecule has 0 amide bonds. The molecular formula is C21H29NO5. The van der Waals surface area contributed by atoms with Gasteiger partial charge in [-0.05, 0) is 48.5 Å². The molecule has 4 rings (SSSR count). The maximum Gasteiger partial charge on any atom is 0.339 e. The Labute approximate surface area is 160 Å². The Hall–Kier alpha value is -2.11. The van der Waals surface area contributed by atoms with E-state index in [1.165, 1.54) is 20.5 Å². The van der Waals surface area contributed by atoms with Crippen molar-refractivity contribution in [2.75, 3.05) is 7.11 Å². The highest BCUT2D eigenvalue weighted by molar-refractivity contribution is 6.01. The topological polar surface area (TPSA) is 85.5 Å². The highest BCUT2D eigenvalue weighted by Gasteiger charge is 2.57. The molecule has 0 spiro atoms. The highest BCUT2D eigenvalue weighted by atomic mass is 16.5. The van der Waals surface area contributed by atoms with E-state index in [0.717, 1.165) is 6.42 Å². The monoisotopic (exact) mass is 375 g/mol. The number of carbonyl (C=O) groups excluding carboxylic acids is 3. The number of methoxy groups -OCH3 is 1. The normalized spacial score (nSPS) is 28.2. The Morgan fingerprint density at radius 3 is 2.41 bits per heavy atom. The summed E-state index contributed by atoms with van der Waals surface area (Å²) in [6.07, 6.45) is 1.94. The van der Waals surface area contributed by atoms with Gasteiger partial charge in [0.25, 0.3) is 0 Å². The van der Waals surface area contributed by atoms with E-state index < -0.39 is 5.97 Å². The molecule has 3 aliphatic rings. The Balaban J connectivity index is 1.74. The predicted octanol–water partition coefficient (Wildman–Crippen LogP) is 3.47. The smallest absolute Gasteiger partial charge is 0.339 e. The number of aromatic amines is 1. The average molecular weight is 375 g/mol. The largest absolute Gasteiger partial charge is 0.465 e. The molecule has 0 saturated heterocycles. The quantitative estimate of drug-likeness (QED) is 0.629. The summed E-state index contributed by atoms with van der Waals surface area (Å²) in [5.41, 5.74) is 1.79. The lowest BCUT2D eigenvalue weighted by Crippen LogP contribution is -2.57. The number of carbonyl (C=O) groups is 3. The van der Waals surface area contributed by atoms with Crippen molar-refractivity contribution in [3.63, 3.8) is 0 Å². The molecule has 1 N–H and O–H groups in total. The maximum atomic E-state index is 12.6. The molecule has 0 aromatic carbocycles. The van der Waals surface area contributed by atoms with Gasteiger partial charge in [-0.1, -0.05) is 20.8 Å². The lowest BCUT2D eigenvalue weighted by molar-refractivity contribution is -0.185. The van der Waals surface area contributed by atoms with Crippen LogP contribution >= 0.6 is 0 Å². The lowest BCUT2D eigenvalue weighted by Gasteiger charge is -2.61. The fourth-order valence-electron chi connectivity index (χ4n) is 5.13. The molecule has 0 unspecified atom stereocenters. The van der Waals surface area contributed by atoms with Crippen molar-refractivity contribution in [3.05, 3.63) is 22.5 Å². The van der Waals surface area contributed by atoms with E-state index in [1.807, 2.05) is 0 Å². The van der Waals surface area contributed by atoms with E-state index in [4.69, 9.17) is 9.47 Å². The second-order valence-electron chi connectivity index (χ2n) is 8.69. The molecule has 3 saturated carbocycles. The first kappa shape index (κ1) is 19.6. The third-order valence-corrected chi connectivity index (χ3v) is 6.96. The molecule has 1 heterocycles. The van der Waals surface area contributed by atoms with Crippen LogP contribution in [0.15, 0.2) is 0 Å². The number of Topliss-reactive ketones (excluding diaryl/α,β-unsaturated/α-hetero) is 1. The van der Waals surface area contributed by atoms with Gasteiger partial charge in [-0.25, -0.2) is 4.79 Å². The van der Waals surface area contributed by atoms with E-state index in [1.54, 1.807) is 6.92 Å². The average Bonchev–Trinajstić information content (AvgIpc) is 2.91. The van der Waals surface area contributed by atoms with Crippen LogP contribution in [-0.2, 0) is 20.7 Å². The van der Waals surface area contributed by atoms with Crippen molar-refractivity contribution in [1.82, 2.24) is 4.98 Å². The molecule has 3 fully saturated rings. The molecule has 1 aromatic heterocycles. The number of hydrogen-bond donors (Lipinski definition) is 1. The molecule has 6 heteroatoms. The van der Waals surface area contributed by atoms with E-state index >= 15 is 0 Å². The van der Waals surface area contributed by atoms with E-state index in [9.17, 15) is 14.4 Å². The van der Waals surface area contributed by atoms with Crippen LogP contribution in [0.2, 0.25) is 0 Å². The van der Waals surface area contributed by atoms with Gasteiger partial charge in [0.1, 0.15) is 6.10 Å². The van der Waals surface area contributed by atoms with Crippen LogP contribution in [0.5, 0.6) is 0 Å². The van der Waals surface area contributed by atoms with E-state index in [0.29, 0.717) is 40.1 Å². The SMILES string of the molecule is COC(=O)c1c(CC(=O)O[C@@H]2C[C@H]3C[C@@H]([C@H]2C)C3(C)C)[nH]c(C(C)=O)c1C. The second kappa shape index (κ2) is 6.80.